The summed E-state index contributed by atoms with van der Waals surface area (Å²) < 4.78 is 22.7. The van der Waals surface area contributed by atoms with Crippen LogP contribution in [0.2, 0.25) is 0 Å². The van der Waals surface area contributed by atoms with Gasteiger partial charge < -0.3 is 24.7 Å². The number of esters is 1. The van der Waals surface area contributed by atoms with Crippen LogP contribution in [-0.4, -0.2) is 19.7 Å². The summed E-state index contributed by atoms with van der Waals surface area (Å²) in [7, 11) is 1.59. The van der Waals surface area contributed by atoms with Crippen LogP contribution in [0.1, 0.15) is 62.8 Å². The number of hydrogen-bond donors (Lipinski definition) is 1. The van der Waals surface area contributed by atoms with E-state index in [0.717, 1.165) is 22.4 Å². The van der Waals surface area contributed by atoms with Crippen molar-refractivity contribution < 1.29 is 23.7 Å². The van der Waals surface area contributed by atoms with E-state index in [1.165, 1.54) is 0 Å². The molecule has 1 aliphatic heterocycles. The predicted octanol–water partition coefficient (Wildman–Crippen LogP) is 5.52. The lowest BCUT2D eigenvalue weighted by atomic mass is 9.82. The highest BCUT2D eigenvalue weighted by Gasteiger charge is 2.36. The maximum absolute atomic E-state index is 12.9. The van der Waals surface area contributed by atoms with E-state index >= 15 is 0 Å². The molecule has 2 aromatic rings. The van der Waals surface area contributed by atoms with Gasteiger partial charge in [-0.2, -0.15) is 5.26 Å². The molecule has 7 nitrogen and oxygen atoms in total. The lowest BCUT2D eigenvalue weighted by Gasteiger charge is -2.27. The van der Waals surface area contributed by atoms with Gasteiger partial charge in [0.1, 0.15) is 35.5 Å². The molecule has 0 aliphatic carbocycles. The van der Waals surface area contributed by atoms with Crippen molar-refractivity contribution in [2.45, 2.75) is 59.5 Å². The topological polar surface area (TPSA) is 104 Å². The van der Waals surface area contributed by atoms with Crippen LogP contribution in [0.25, 0.3) is 0 Å². The van der Waals surface area contributed by atoms with Gasteiger partial charge in [0.25, 0.3) is 0 Å². The number of ether oxygens (including phenoxy) is 4. The van der Waals surface area contributed by atoms with E-state index < -0.39 is 11.9 Å². The molecule has 1 heterocycles. The van der Waals surface area contributed by atoms with Crippen LogP contribution in [0, 0.1) is 18.3 Å². The summed E-state index contributed by atoms with van der Waals surface area (Å²) in [5.41, 5.74) is 9.97. The Morgan fingerprint density at radius 3 is 2.47 bits per heavy atom. The molecule has 190 valence electrons. The molecule has 0 saturated heterocycles. The third-order valence-corrected chi connectivity index (χ3v) is 6.07. The van der Waals surface area contributed by atoms with E-state index in [-0.39, 0.29) is 35.7 Å². The molecule has 2 aromatic carbocycles. The first-order chi connectivity index (χ1) is 17.0. The highest BCUT2D eigenvalue weighted by atomic mass is 16.5. The first-order valence-corrected chi connectivity index (χ1v) is 11.9. The number of hydrogen-bond acceptors (Lipinski definition) is 7. The molecule has 0 radical (unpaired) electrons. The molecular weight excluding hydrogens is 456 g/mol. The van der Waals surface area contributed by atoms with Crippen molar-refractivity contribution in [1.29, 1.82) is 5.26 Å². The number of rotatable bonds is 7. The summed E-state index contributed by atoms with van der Waals surface area (Å²) in [5, 5.41) is 9.87. The summed E-state index contributed by atoms with van der Waals surface area (Å²) in [4.78, 5) is 12.9. The molecular formula is C29H34N2O5. The number of carbonyl (C=O) groups excluding carboxylic acids is 1. The highest BCUT2D eigenvalue weighted by Crippen LogP contribution is 2.41. The zero-order valence-electron chi connectivity index (χ0n) is 22.0. The number of aryl methyl sites for hydroxylation is 1. The molecule has 1 aliphatic rings. The second-order valence-electron chi connectivity index (χ2n) is 9.72. The van der Waals surface area contributed by atoms with Crippen LogP contribution < -0.4 is 15.2 Å². The van der Waals surface area contributed by atoms with Crippen LogP contribution in [0.4, 0.5) is 0 Å². The van der Waals surface area contributed by atoms with Crippen LogP contribution in [0.3, 0.4) is 0 Å². The summed E-state index contributed by atoms with van der Waals surface area (Å²) in [5.74, 6) is 0.407. The van der Waals surface area contributed by atoms with E-state index in [1.807, 2.05) is 25.1 Å². The van der Waals surface area contributed by atoms with E-state index in [1.54, 1.807) is 27.0 Å². The molecule has 0 fully saturated rings. The Hall–Kier alpha value is -3.92. The van der Waals surface area contributed by atoms with E-state index in [9.17, 15) is 10.1 Å². The Bertz CT molecular complexity index is 1260. The predicted molar refractivity (Wildman–Crippen MR) is 137 cm³/mol. The third kappa shape index (κ3) is 5.49. The van der Waals surface area contributed by atoms with E-state index in [2.05, 4.69) is 39.0 Å². The second-order valence-corrected chi connectivity index (χ2v) is 9.72. The molecule has 0 aromatic heterocycles. The smallest absolute Gasteiger partial charge is 0.338 e. The Kier molecular flexibility index (Phi) is 7.99. The van der Waals surface area contributed by atoms with Crippen molar-refractivity contribution in [2.24, 2.45) is 5.73 Å². The molecule has 0 spiro atoms. The van der Waals surface area contributed by atoms with E-state index in [4.69, 9.17) is 24.7 Å². The van der Waals surface area contributed by atoms with Gasteiger partial charge >= 0.3 is 5.97 Å². The highest BCUT2D eigenvalue weighted by molar-refractivity contribution is 5.92. The van der Waals surface area contributed by atoms with Crippen LogP contribution in [-0.2, 0) is 26.3 Å². The summed E-state index contributed by atoms with van der Waals surface area (Å²) >= 11 is 0. The van der Waals surface area contributed by atoms with Crippen molar-refractivity contribution in [3.8, 4) is 17.6 Å². The average Bonchev–Trinajstić information content (AvgIpc) is 2.81. The molecule has 0 bridgehead atoms. The third-order valence-electron chi connectivity index (χ3n) is 6.07. The normalized spacial score (nSPS) is 15.8. The minimum atomic E-state index is -0.739. The fourth-order valence-electron chi connectivity index (χ4n) is 4.30. The fourth-order valence-corrected chi connectivity index (χ4v) is 4.30. The maximum atomic E-state index is 12.9. The van der Waals surface area contributed by atoms with Gasteiger partial charge in [-0.3, -0.25) is 0 Å². The van der Waals surface area contributed by atoms with Gasteiger partial charge in [-0.1, -0.05) is 39.0 Å². The first kappa shape index (κ1) is 26.7. The summed E-state index contributed by atoms with van der Waals surface area (Å²) in [6, 6.07) is 13.8. The number of nitrogens with two attached hydrogens (primary N) is 1. The molecule has 2 N–H and O–H groups in total. The molecule has 1 unspecified atom stereocenters. The first-order valence-electron chi connectivity index (χ1n) is 11.9. The SMILES string of the molecule is CCOC(=O)C1=C(C)OC(N)=C(C#N)C1c1ccc(OC)c(COc2cc(C)ccc2C(C)(C)C)c1. The zero-order chi connectivity index (χ0) is 26.6. The lowest BCUT2D eigenvalue weighted by Crippen LogP contribution is -2.25. The van der Waals surface area contributed by atoms with Gasteiger partial charge in [-0.25, -0.2) is 4.79 Å². The van der Waals surface area contributed by atoms with Crippen LogP contribution in [0.5, 0.6) is 11.5 Å². The number of benzene rings is 2. The van der Waals surface area contributed by atoms with Crippen molar-refractivity contribution in [1.82, 2.24) is 0 Å². The number of methoxy groups -OCH3 is 1. The largest absolute Gasteiger partial charge is 0.496 e. The summed E-state index contributed by atoms with van der Waals surface area (Å²) in [6.45, 7) is 12.2. The number of carbonyl (C=O) groups is 1. The Morgan fingerprint density at radius 2 is 1.86 bits per heavy atom. The Balaban J connectivity index is 2.06. The Morgan fingerprint density at radius 1 is 1.14 bits per heavy atom. The van der Waals surface area contributed by atoms with Gasteiger partial charge in [0.05, 0.1) is 25.2 Å². The monoisotopic (exact) mass is 490 g/mol. The number of nitrogens with zero attached hydrogens (tertiary/aromatic N) is 1. The Labute approximate surface area is 213 Å². The average molecular weight is 491 g/mol. The molecule has 3 rings (SSSR count). The van der Waals surface area contributed by atoms with Crippen molar-refractivity contribution >= 4 is 5.97 Å². The summed E-state index contributed by atoms with van der Waals surface area (Å²) in [6.07, 6.45) is 0. The van der Waals surface area contributed by atoms with Gasteiger partial charge in [0.2, 0.25) is 5.88 Å². The molecule has 36 heavy (non-hydrogen) atoms. The zero-order valence-corrected chi connectivity index (χ0v) is 22.0. The standard InChI is InChI=1S/C29H34N2O5/c1-8-34-28(32)25-18(3)36-27(31)21(15-30)26(25)19-10-12-23(33-7)20(14-19)16-35-24-13-17(2)9-11-22(24)29(4,5)6/h9-14,26H,8,16,31H2,1-7H3. The van der Waals surface area contributed by atoms with Crippen LogP contribution >= 0.6 is 0 Å². The van der Waals surface area contributed by atoms with Gasteiger partial charge in [-0.15, -0.1) is 0 Å². The van der Waals surface area contributed by atoms with Crippen molar-refractivity contribution in [2.75, 3.05) is 13.7 Å². The van der Waals surface area contributed by atoms with Gasteiger partial charge in [-0.05, 0) is 61.1 Å². The quantitative estimate of drug-likeness (QED) is 0.509. The van der Waals surface area contributed by atoms with Crippen LogP contribution in [0.15, 0.2) is 59.2 Å². The van der Waals surface area contributed by atoms with Gasteiger partial charge in [0.15, 0.2) is 0 Å². The van der Waals surface area contributed by atoms with Crippen molar-refractivity contribution in [3.63, 3.8) is 0 Å². The minimum absolute atomic E-state index is 0.0313. The lowest BCUT2D eigenvalue weighted by molar-refractivity contribution is -0.139. The molecule has 7 heteroatoms. The van der Waals surface area contributed by atoms with E-state index in [0.29, 0.717) is 17.1 Å². The second kappa shape index (κ2) is 10.8. The number of allylic oxidation sites excluding steroid dienone is 2. The molecule has 0 saturated carbocycles. The fraction of sp³-hybridized carbons (Fsp3) is 0.379. The molecule has 1 atom stereocenters. The molecule has 0 amide bonds. The maximum Gasteiger partial charge on any atom is 0.338 e. The number of nitriles is 1. The minimum Gasteiger partial charge on any atom is -0.496 e. The van der Waals surface area contributed by atoms with Gasteiger partial charge in [0, 0.05) is 5.56 Å². The van der Waals surface area contributed by atoms with Crippen molar-refractivity contribution in [3.05, 3.63) is 81.4 Å².